The van der Waals surface area contributed by atoms with Crippen molar-refractivity contribution >= 4 is 5.97 Å². The van der Waals surface area contributed by atoms with Crippen molar-refractivity contribution < 1.29 is 14.3 Å². The Balaban J connectivity index is 2.45. The van der Waals surface area contributed by atoms with Gasteiger partial charge in [-0.2, -0.15) is 0 Å². The second kappa shape index (κ2) is 6.49. The first-order valence-electron chi connectivity index (χ1n) is 4.90. The van der Waals surface area contributed by atoms with Crippen LogP contribution in [-0.2, 0) is 20.9 Å². The van der Waals surface area contributed by atoms with Gasteiger partial charge < -0.3 is 9.47 Å². The number of ether oxygens (including phenoxy) is 2. The van der Waals surface area contributed by atoms with Crippen molar-refractivity contribution in [2.75, 3.05) is 7.11 Å². The molecule has 0 spiro atoms. The highest BCUT2D eigenvalue weighted by molar-refractivity contribution is 5.81. The van der Waals surface area contributed by atoms with Crippen LogP contribution in [0.25, 0.3) is 0 Å². The molecule has 0 unspecified atom stereocenters. The number of benzene rings is 1. The van der Waals surface area contributed by atoms with Crippen molar-refractivity contribution in [1.29, 1.82) is 0 Å². The highest BCUT2D eigenvalue weighted by Gasteiger charge is 1.97. The first-order valence-corrected chi connectivity index (χ1v) is 4.90. The van der Waals surface area contributed by atoms with Gasteiger partial charge in [0.25, 0.3) is 0 Å². The fourth-order valence-electron chi connectivity index (χ4n) is 0.990. The van der Waals surface area contributed by atoms with Crippen molar-refractivity contribution in [3.63, 3.8) is 0 Å². The lowest BCUT2D eigenvalue weighted by atomic mass is 10.2. The van der Waals surface area contributed by atoms with Crippen molar-refractivity contribution in [3.05, 3.63) is 53.5 Å². The number of hydrogen-bond acceptors (Lipinski definition) is 3. The molecule has 0 saturated heterocycles. The molecule has 0 radical (unpaired) electrons. The maximum atomic E-state index is 11.2. The van der Waals surface area contributed by atoms with Gasteiger partial charge in [0, 0.05) is 6.92 Å². The number of carbonyl (C=O) groups is 1. The minimum atomic E-state index is -0.430. The predicted molar refractivity (Wildman–Crippen MR) is 60.5 cm³/mol. The minimum absolute atomic E-state index is 0.268. The summed E-state index contributed by atoms with van der Waals surface area (Å²) < 4.78 is 9.83. The van der Waals surface area contributed by atoms with Gasteiger partial charge in [-0.3, -0.25) is 0 Å². The summed E-state index contributed by atoms with van der Waals surface area (Å²) in [4.78, 5) is 11.2. The molecule has 0 atom stereocenters. The lowest BCUT2D eigenvalue weighted by Gasteiger charge is -2.00. The molecular formula is C13H14O3. The first-order chi connectivity index (χ1) is 7.72. The minimum Gasteiger partial charge on any atom is -0.493 e. The smallest absolute Gasteiger partial charge is 0.339 e. The third-order valence-corrected chi connectivity index (χ3v) is 1.92. The molecule has 0 saturated carbocycles. The van der Waals surface area contributed by atoms with E-state index in [-0.39, 0.29) is 6.61 Å². The van der Waals surface area contributed by atoms with E-state index in [1.165, 1.54) is 13.2 Å². The molecule has 1 aromatic carbocycles. The number of esters is 1. The van der Waals surface area contributed by atoms with E-state index in [4.69, 9.17) is 9.47 Å². The van der Waals surface area contributed by atoms with Crippen LogP contribution >= 0.6 is 0 Å². The summed E-state index contributed by atoms with van der Waals surface area (Å²) in [5.41, 5.74) is 3.62. The van der Waals surface area contributed by atoms with Gasteiger partial charge >= 0.3 is 5.97 Å². The van der Waals surface area contributed by atoms with Crippen LogP contribution in [-0.4, -0.2) is 13.1 Å². The van der Waals surface area contributed by atoms with E-state index in [0.29, 0.717) is 5.76 Å². The predicted octanol–water partition coefficient (Wildman–Crippen LogP) is 2.44. The Morgan fingerprint density at radius 3 is 2.69 bits per heavy atom. The summed E-state index contributed by atoms with van der Waals surface area (Å²) in [7, 11) is 1.52. The Labute approximate surface area is 95.0 Å². The second-order valence-electron chi connectivity index (χ2n) is 3.14. The zero-order chi connectivity index (χ0) is 11.8. The van der Waals surface area contributed by atoms with Crippen LogP contribution in [0.4, 0.5) is 0 Å². The quantitative estimate of drug-likeness (QED) is 0.337. The first kappa shape index (κ1) is 12.1. The Morgan fingerprint density at radius 1 is 1.38 bits per heavy atom. The Bertz CT molecular complexity index is 400. The van der Waals surface area contributed by atoms with Crippen LogP contribution in [0, 0.1) is 0 Å². The van der Waals surface area contributed by atoms with Crippen molar-refractivity contribution in [2.45, 2.75) is 13.5 Å². The molecule has 1 aromatic rings. The second-order valence-corrected chi connectivity index (χ2v) is 3.14. The van der Waals surface area contributed by atoms with Crippen molar-refractivity contribution in [3.8, 4) is 0 Å². The van der Waals surface area contributed by atoms with Gasteiger partial charge in [-0.15, -0.1) is 0 Å². The molecule has 0 aliphatic rings. The van der Waals surface area contributed by atoms with Crippen molar-refractivity contribution in [2.24, 2.45) is 0 Å². The van der Waals surface area contributed by atoms with Gasteiger partial charge in [0.15, 0.2) is 0 Å². The van der Waals surface area contributed by atoms with Crippen LogP contribution in [0.3, 0.4) is 0 Å². The van der Waals surface area contributed by atoms with Gasteiger partial charge in [0.2, 0.25) is 0 Å². The standard InChI is InChI=1S/C13H14O3/c1-11(15-2)8-9-13(14)16-10-12-6-4-3-5-7-12/h3-7,9H,10H2,1-2H3. The lowest BCUT2D eigenvalue weighted by Crippen LogP contribution is -2.00. The third kappa shape index (κ3) is 4.49. The number of hydrogen-bond donors (Lipinski definition) is 0. The summed E-state index contributed by atoms with van der Waals surface area (Å²) >= 11 is 0. The van der Waals surface area contributed by atoms with E-state index in [9.17, 15) is 4.79 Å². The summed E-state index contributed by atoms with van der Waals surface area (Å²) in [5.74, 6) is 0.108. The maximum Gasteiger partial charge on any atom is 0.339 e. The Hall–Kier alpha value is -1.99. The highest BCUT2D eigenvalue weighted by Crippen LogP contribution is 2.00. The van der Waals surface area contributed by atoms with Crippen LogP contribution in [0.5, 0.6) is 0 Å². The van der Waals surface area contributed by atoms with E-state index >= 15 is 0 Å². The number of methoxy groups -OCH3 is 1. The average Bonchev–Trinajstić information content (AvgIpc) is 2.34. The molecule has 0 aromatic heterocycles. The van der Waals surface area contributed by atoms with Gasteiger partial charge in [-0.05, 0) is 5.56 Å². The molecule has 84 valence electrons. The molecular weight excluding hydrogens is 204 g/mol. The van der Waals surface area contributed by atoms with Crippen LogP contribution in [0.15, 0.2) is 47.9 Å². The zero-order valence-electron chi connectivity index (χ0n) is 9.40. The van der Waals surface area contributed by atoms with E-state index in [2.05, 4.69) is 5.73 Å². The van der Waals surface area contributed by atoms with Crippen LogP contribution in [0.1, 0.15) is 12.5 Å². The number of carbonyl (C=O) groups excluding carboxylic acids is 1. The molecule has 1 rings (SSSR count). The summed E-state index contributed by atoms with van der Waals surface area (Å²) in [6.07, 6.45) is 1.22. The summed E-state index contributed by atoms with van der Waals surface area (Å²) in [6, 6.07) is 9.50. The largest absolute Gasteiger partial charge is 0.493 e. The van der Waals surface area contributed by atoms with Gasteiger partial charge in [0.1, 0.15) is 12.4 Å². The van der Waals surface area contributed by atoms with E-state index in [0.717, 1.165) is 5.56 Å². The number of rotatable bonds is 4. The average molecular weight is 218 g/mol. The van der Waals surface area contributed by atoms with E-state index < -0.39 is 5.97 Å². The van der Waals surface area contributed by atoms with Crippen LogP contribution < -0.4 is 0 Å². The topological polar surface area (TPSA) is 35.5 Å². The molecule has 0 aliphatic carbocycles. The maximum absolute atomic E-state index is 11.2. The molecule has 0 aliphatic heterocycles. The molecule has 0 fully saturated rings. The lowest BCUT2D eigenvalue weighted by molar-refractivity contribution is -0.139. The van der Waals surface area contributed by atoms with Gasteiger partial charge in [0.05, 0.1) is 13.2 Å². The molecule has 0 bridgehead atoms. The SMILES string of the molecule is COC(C)=C=CC(=O)OCc1ccccc1. The molecule has 0 heterocycles. The Morgan fingerprint density at radius 2 is 2.06 bits per heavy atom. The van der Waals surface area contributed by atoms with E-state index in [1.54, 1.807) is 6.92 Å². The summed E-state index contributed by atoms with van der Waals surface area (Å²) in [6.45, 7) is 1.98. The molecule has 3 heteroatoms. The molecule has 16 heavy (non-hydrogen) atoms. The zero-order valence-corrected chi connectivity index (χ0v) is 9.40. The van der Waals surface area contributed by atoms with E-state index in [1.807, 2.05) is 30.3 Å². The highest BCUT2D eigenvalue weighted by atomic mass is 16.5. The summed E-state index contributed by atoms with van der Waals surface area (Å²) in [5, 5.41) is 0. The molecule has 3 nitrogen and oxygen atoms in total. The Kier molecular flexibility index (Phi) is 4.90. The van der Waals surface area contributed by atoms with Gasteiger partial charge in [-0.25, -0.2) is 4.79 Å². The monoisotopic (exact) mass is 218 g/mol. The van der Waals surface area contributed by atoms with Crippen LogP contribution in [0.2, 0.25) is 0 Å². The normalized spacial score (nSPS) is 8.88. The van der Waals surface area contributed by atoms with Gasteiger partial charge in [-0.1, -0.05) is 36.1 Å². The van der Waals surface area contributed by atoms with Crippen molar-refractivity contribution in [1.82, 2.24) is 0 Å². The fourth-order valence-corrected chi connectivity index (χ4v) is 0.990. The fraction of sp³-hybridized carbons (Fsp3) is 0.231. The molecule has 0 amide bonds. The molecule has 0 N–H and O–H groups in total. The third-order valence-electron chi connectivity index (χ3n) is 1.92.